The number of carbonyl (C=O) groups excluding carboxylic acids is 2. The van der Waals surface area contributed by atoms with Gasteiger partial charge in [0.25, 0.3) is 0 Å². The van der Waals surface area contributed by atoms with E-state index in [9.17, 15) is 9.59 Å². The first kappa shape index (κ1) is 20.6. The molecule has 0 radical (unpaired) electrons. The smallest absolute Gasteiger partial charge is 0.248 e. The van der Waals surface area contributed by atoms with Crippen LogP contribution < -0.4 is 9.64 Å². The van der Waals surface area contributed by atoms with E-state index in [4.69, 9.17) is 9.47 Å². The number of nitrogens with zero attached hydrogens (tertiary/aromatic N) is 2. The van der Waals surface area contributed by atoms with Gasteiger partial charge >= 0.3 is 0 Å². The Hall–Kier alpha value is -3.12. The number of benzene rings is 2. The first-order chi connectivity index (χ1) is 14.1. The van der Waals surface area contributed by atoms with Gasteiger partial charge in [-0.05, 0) is 35.9 Å². The lowest BCUT2D eigenvalue weighted by atomic mass is 10.1. The highest BCUT2D eigenvalue weighted by Crippen LogP contribution is 2.19. The third-order valence-corrected chi connectivity index (χ3v) is 4.94. The Kier molecular flexibility index (Phi) is 7.03. The van der Waals surface area contributed by atoms with Crippen LogP contribution in [0.25, 0.3) is 6.08 Å². The second-order valence-electron chi connectivity index (χ2n) is 6.82. The highest BCUT2D eigenvalue weighted by atomic mass is 16.5. The van der Waals surface area contributed by atoms with Crippen LogP contribution in [0.1, 0.15) is 15.9 Å². The van der Waals surface area contributed by atoms with E-state index in [2.05, 4.69) is 4.90 Å². The number of anilines is 1. The molecular weight excluding hydrogens is 368 g/mol. The third-order valence-electron chi connectivity index (χ3n) is 4.94. The molecule has 29 heavy (non-hydrogen) atoms. The number of hydrogen-bond acceptors (Lipinski definition) is 5. The van der Waals surface area contributed by atoms with Crippen molar-refractivity contribution in [2.45, 2.75) is 0 Å². The summed E-state index contributed by atoms with van der Waals surface area (Å²) in [5.41, 5.74) is 2.57. The van der Waals surface area contributed by atoms with E-state index in [0.717, 1.165) is 30.1 Å². The second-order valence-corrected chi connectivity index (χ2v) is 6.82. The maximum Gasteiger partial charge on any atom is 0.248 e. The number of amides is 1. The van der Waals surface area contributed by atoms with Crippen LogP contribution in [0.15, 0.2) is 54.6 Å². The monoisotopic (exact) mass is 394 g/mol. The fourth-order valence-corrected chi connectivity index (χ4v) is 3.27. The Morgan fingerprint density at radius 3 is 2.38 bits per heavy atom. The molecule has 0 atom stereocenters. The summed E-state index contributed by atoms with van der Waals surface area (Å²) < 4.78 is 10.1. The van der Waals surface area contributed by atoms with Gasteiger partial charge in [0.1, 0.15) is 12.4 Å². The molecule has 0 N–H and O–H groups in total. The van der Waals surface area contributed by atoms with Crippen LogP contribution in [0.5, 0.6) is 5.75 Å². The fraction of sp³-hybridized carbons (Fsp3) is 0.304. The van der Waals surface area contributed by atoms with Gasteiger partial charge in [-0.2, -0.15) is 0 Å². The minimum atomic E-state index is -0.0448. The van der Waals surface area contributed by atoms with Crippen LogP contribution in [0.4, 0.5) is 5.69 Å². The zero-order valence-electron chi connectivity index (χ0n) is 16.8. The van der Waals surface area contributed by atoms with Gasteiger partial charge < -0.3 is 19.3 Å². The predicted molar refractivity (Wildman–Crippen MR) is 113 cm³/mol. The normalized spacial score (nSPS) is 14.3. The van der Waals surface area contributed by atoms with E-state index in [1.165, 1.54) is 7.11 Å². The Morgan fingerprint density at radius 1 is 1.00 bits per heavy atom. The van der Waals surface area contributed by atoms with Gasteiger partial charge in [0.2, 0.25) is 5.91 Å². The number of ketones is 1. The van der Waals surface area contributed by atoms with Crippen LogP contribution in [-0.2, 0) is 9.53 Å². The van der Waals surface area contributed by atoms with Crippen molar-refractivity contribution >= 4 is 23.5 Å². The number of piperazine rings is 1. The molecule has 0 saturated carbocycles. The van der Waals surface area contributed by atoms with Crippen LogP contribution in [0.3, 0.4) is 0 Å². The maximum absolute atomic E-state index is 12.6. The predicted octanol–water partition coefficient (Wildman–Crippen LogP) is 2.89. The lowest BCUT2D eigenvalue weighted by Gasteiger charge is -2.36. The van der Waals surface area contributed by atoms with E-state index in [-0.39, 0.29) is 18.3 Å². The Balaban J connectivity index is 1.62. The molecule has 1 amide bonds. The molecule has 2 aromatic carbocycles. The van der Waals surface area contributed by atoms with E-state index >= 15 is 0 Å². The fourth-order valence-electron chi connectivity index (χ4n) is 3.27. The van der Waals surface area contributed by atoms with Crippen molar-refractivity contribution in [1.82, 2.24) is 4.90 Å². The molecule has 152 valence electrons. The van der Waals surface area contributed by atoms with Crippen molar-refractivity contribution in [2.24, 2.45) is 0 Å². The molecule has 6 nitrogen and oxygen atoms in total. The minimum absolute atomic E-state index is 0.0137. The molecule has 1 fully saturated rings. The third kappa shape index (κ3) is 5.45. The largest absolute Gasteiger partial charge is 0.497 e. The summed E-state index contributed by atoms with van der Waals surface area (Å²) >= 11 is 0. The van der Waals surface area contributed by atoms with Crippen LogP contribution in [-0.4, -0.2) is 63.6 Å². The van der Waals surface area contributed by atoms with Gasteiger partial charge in [-0.1, -0.05) is 30.3 Å². The summed E-state index contributed by atoms with van der Waals surface area (Å²) in [7, 11) is 3.15. The maximum atomic E-state index is 12.6. The molecule has 2 aromatic rings. The number of rotatable bonds is 7. The molecule has 0 aliphatic carbocycles. The Labute approximate surface area is 171 Å². The van der Waals surface area contributed by atoms with Gasteiger partial charge in [-0.25, -0.2) is 0 Å². The number of methoxy groups -OCH3 is 2. The van der Waals surface area contributed by atoms with Crippen LogP contribution >= 0.6 is 0 Å². The Bertz CT molecular complexity index is 869. The van der Waals surface area contributed by atoms with Gasteiger partial charge in [0, 0.05) is 44.5 Å². The summed E-state index contributed by atoms with van der Waals surface area (Å²) in [4.78, 5) is 28.5. The number of carbonyl (C=O) groups is 2. The van der Waals surface area contributed by atoms with E-state index in [0.29, 0.717) is 18.7 Å². The molecule has 0 unspecified atom stereocenters. The molecule has 1 aliphatic heterocycles. The summed E-state index contributed by atoms with van der Waals surface area (Å²) in [6.45, 7) is 2.88. The van der Waals surface area contributed by atoms with E-state index in [1.54, 1.807) is 19.3 Å². The van der Waals surface area contributed by atoms with E-state index in [1.807, 2.05) is 53.4 Å². The molecule has 0 spiro atoms. The number of ether oxygens (including phenoxy) is 2. The van der Waals surface area contributed by atoms with E-state index < -0.39 is 0 Å². The zero-order valence-corrected chi connectivity index (χ0v) is 16.8. The van der Waals surface area contributed by atoms with Crippen LogP contribution in [0, 0.1) is 0 Å². The van der Waals surface area contributed by atoms with Crippen molar-refractivity contribution in [2.75, 3.05) is 51.9 Å². The van der Waals surface area contributed by atoms with Crippen molar-refractivity contribution < 1.29 is 19.1 Å². The summed E-state index contributed by atoms with van der Waals surface area (Å²) in [6.07, 6.45) is 3.39. The van der Waals surface area contributed by atoms with Crippen molar-refractivity contribution in [1.29, 1.82) is 0 Å². The summed E-state index contributed by atoms with van der Waals surface area (Å²) in [5, 5.41) is 0. The molecule has 0 bridgehead atoms. The minimum Gasteiger partial charge on any atom is -0.497 e. The zero-order chi connectivity index (χ0) is 20.6. The molecule has 1 heterocycles. The standard InChI is InChI=1S/C23H26N2O4/c1-28-17-23(27)25-14-12-24(13-15-25)20-5-3-4-19(16-20)22(26)11-8-18-6-9-21(29-2)10-7-18/h3-11,16H,12-15,17H2,1-2H3/b11-8+. The Morgan fingerprint density at radius 2 is 1.72 bits per heavy atom. The summed E-state index contributed by atoms with van der Waals surface area (Å²) in [6, 6.07) is 15.2. The van der Waals surface area contributed by atoms with Gasteiger partial charge in [-0.3, -0.25) is 9.59 Å². The summed E-state index contributed by atoms with van der Waals surface area (Å²) in [5.74, 6) is 0.751. The van der Waals surface area contributed by atoms with Crippen molar-refractivity contribution in [3.8, 4) is 5.75 Å². The lowest BCUT2D eigenvalue weighted by Crippen LogP contribution is -2.49. The molecule has 6 heteroatoms. The second kappa shape index (κ2) is 9.89. The van der Waals surface area contributed by atoms with Gasteiger partial charge in [-0.15, -0.1) is 0 Å². The molecule has 0 aromatic heterocycles. The van der Waals surface area contributed by atoms with Gasteiger partial charge in [0.15, 0.2) is 5.78 Å². The SMILES string of the molecule is COCC(=O)N1CCN(c2cccc(C(=O)/C=C/c3ccc(OC)cc3)c2)CC1. The number of hydrogen-bond donors (Lipinski definition) is 0. The quantitative estimate of drug-likeness (QED) is 0.534. The molecule has 1 aliphatic rings. The highest BCUT2D eigenvalue weighted by Gasteiger charge is 2.21. The first-order valence-electron chi connectivity index (χ1n) is 9.59. The molecular formula is C23H26N2O4. The molecule has 1 saturated heterocycles. The lowest BCUT2D eigenvalue weighted by molar-refractivity contribution is -0.135. The number of allylic oxidation sites excluding steroid dienone is 1. The average molecular weight is 394 g/mol. The van der Waals surface area contributed by atoms with Crippen molar-refractivity contribution in [3.05, 3.63) is 65.7 Å². The average Bonchev–Trinajstić information content (AvgIpc) is 2.78. The molecule has 3 rings (SSSR count). The first-order valence-corrected chi connectivity index (χ1v) is 9.59. The topological polar surface area (TPSA) is 59.1 Å². The van der Waals surface area contributed by atoms with Gasteiger partial charge in [0.05, 0.1) is 7.11 Å². The van der Waals surface area contributed by atoms with Crippen molar-refractivity contribution in [3.63, 3.8) is 0 Å². The van der Waals surface area contributed by atoms with Crippen LogP contribution in [0.2, 0.25) is 0 Å². The highest BCUT2D eigenvalue weighted by molar-refractivity contribution is 6.07.